The Hall–Kier alpha value is -1.23. The number of hydrogen-bond donors (Lipinski definition) is 1. The third kappa shape index (κ3) is 3.26. The molecular weight excluding hydrogens is 272 g/mol. The summed E-state index contributed by atoms with van der Waals surface area (Å²) in [6, 6.07) is 0. The van der Waals surface area contributed by atoms with E-state index in [4.69, 9.17) is 0 Å². The summed E-state index contributed by atoms with van der Waals surface area (Å²) in [6.45, 7) is 8.14. The summed E-state index contributed by atoms with van der Waals surface area (Å²) in [7, 11) is 0. The molecule has 1 aliphatic rings. The van der Waals surface area contributed by atoms with Crippen molar-refractivity contribution in [2.45, 2.75) is 53.4 Å². The average Bonchev–Trinajstić information content (AvgIpc) is 2.70. The number of nitrogens with zero attached hydrogens (tertiary/aromatic N) is 1. The van der Waals surface area contributed by atoms with Crippen LogP contribution < -0.4 is 5.32 Å². The Morgan fingerprint density at radius 3 is 2.80 bits per heavy atom. The number of amides is 1. The van der Waals surface area contributed by atoms with E-state index >= 15 is 0 Å². The molecule has 1 aromatic rings. The zero-order chi connectivity index (χ0) is 14.9. The highest BCUT2D eigenvalue weighted by molar-refractivity contribution is 7.17. The van der Waals surface area contributed by atoms with Crippen LogP contribution in [0.3, 0.4) is 0 Å². The molecule has 0 radical (unpaired) electrons. The van der Waals surface area contributed by atoms with Gasteiger partial charge in [-0.2, -0.15) is 0 Å². The van der Waals surface area contributed by atoms with Crippen LogP contribution in [0.5, 0.6) is 0 Å². The Labute approximate surface area is 124 Å². The van der Waals surface area contributed by atoms with Gasteiger partial charge in [-0.15, -0.1) is 0 Å². The summed E-state index contributed by atoms with van der Waals surface area (Å²) in [5.74, 6) is 0.119. The van der Waals surface area contributed by atoms with Crippen LogP contribution in [0.2, 0.25) is 0 Å². The van der Waals surface area contributed by atoms with Crippen LogP contribution in [0, 0.1) is 11.3 Å². The van der Waals surface area contributed by atoms with E-state index < -0.39 is 0 Å². The fourth-order valence-electron chi connectivity index (χ4n) is 2.57. The number of aromatic nitrogens is 1. The van der Waals surface area contributed by atoms with Gasteiger partial charge in [0.15, 0.2) is 10.9 Å². The average molecular weight is 294 g/mol. The first-order valence-electron chi connectivity index (χ1n) is 7.16. The van der Waals surface area contributed by atoms with Crippen molar-refractivity contribution in [3.8, 4) is 0 Å². The van der Waals surface area contributed by atoms with Gasteiger partial charge >= 0.3 is 0 Å². The van der Waals surface area contributed by atoms with Crippen LogP contribution in [0.25, 0.3) is 0 Å². The van der Waals surface area contributed by atoms with Gasteiger partial charge in [0.2, 0.25) is 5.91 Å². The molecule has 2 rings (SSSR count). The van der Waals surface area contributed by atoms with Crippen LogP contribution in [-0.2, 0) is 11.2 Å². The highest BCUT2D eigenvalue weighted by Gasteiger charge is 2.34. The zero-order valence-corrected chi connectivity index (χ0v) is 13.4. The van der Waals surface area contributed by atoms with Gasteiger partial charge in [0.1, 0.15) is 0 Å². The molecule has 1 atom stereocenters. The van der Waals surface area contributed by atoms with Gasteiger partial charge in [0, 0.05) is 12.3 Å². The highest BCUT2D eigenvalue weighted by Crippen LogP contribution is 2.38. The second-order valence-corrected chi connectivity index (χ2v) is 7.41. The third-order valence-electron chi connectivity index (χ3n) is 3.64. The maximum Gasteiger partial charge on any atom is 0.228 e. The summed E-state index contributed by atoms with van der Waals surface area (Å²) in [4.78, 5) is 29.3. The molecule has 0 spiro atoms. The zero-order valence-electron chi connectivity index (χ0n) is 12.6. The molecular formula is C15H22N2O2S. The lowest BCUT2D eigenvalue weighted by atomic mass is 9.78. The number of Topliss-reactive ketones (excluding diaryl/α,β-unsaturated/α-hetero) is 1. The standard InChI is InChI=1S/C15H22N2O2S/c1-5-6-9(2)13(19)17-14-16-10-7-15(3,4)8-11(18)12(10)20-14/h9H,5-8H2,1-4H3,(H,16,17,19)/t9-/m0/s1. The lowest BCUT2D eigenvalue weighted by Gasteiger charge is -2.26. The van der Waals surface area contributed by atoms with Crippen molar-refractivity contribution in [3.05, 3.63) is 10.6 Å². The monoisotopic (exact) mass is 294 g/mol. The number of nitrogens with one attached hydrogen (secondary N) is 1. The van der Waals surface area contributed by atoms with E-state index in [2.05, 4.69) is 31.1 Å². The van der Waals surface area contributed by atoms with Gasteiger partial charge < -0.3 is 5.32 Å². The fraction of sp³-hybridized carbons (Fsp3) is 0.667. The van der Waals surface area contributed by atoms with E-state index in [0.717, 1.165) is 29.8 Å². The first kappa shape index (κ1) is 15.2. The first-order valence-corrected chi connectivity index (χ1v) is 7.98. The number of hydrogen-bond acceptors (Lipinski definition) is 4. The maximum absolute atomic E-state index is 12.1. The minimum atomic E-state index is -0.0328. The van der Waals surface area contributed by atoms with Crippen molar-refractivity contribution in [3.63, 3.8) is 0 Å². The van der Waals surface area contributed by atoms with Crippen LogP contribution in [0.4, 0.5) is 5.13 Å². The molecule has 0 saturated heterocycles. The van der Waals surface area contributed by atoms with Crippen LogP contribution in [0.15, 0.2) is 0 Å². The molecule has 1 aromatic heterocycles. The minimum absolute atomic E-state index is 0.00958. The number of carbonyl (C=O) groups excluding carboxylic acids is 2. The fourth-order valence-corrected chi connectivity index (χ4v) is 3.49. The number of ketones is 1. The van der Waals surface area contributed by atoms with E-state index in [0.29, 0.717) is 11.6 Å². The van der Waals surface area contributed by atoms with Crippen molar-refractivity contribution in [2.24, 2.45) is 11.3 Å². The molecule has 1 heterocycles. The Morgan fingerprint density at radius 1 is 1.45 bits per heavy atom. The van der Waals surface area contributed by atoms with Gasteiger partial charge in [-0.25, -0.2) is 4.98 Å². The van der Waals surface area contributed by atoms with Gasteiger partial charge in [-0.05, 0) is 18.3 Å². The van der Waals surface area contributed by atoms with Gasteiger partial charge in [-0.1, -0.05) is 45.5 Å². The normalized spacial score (nSPS) is 18.5. The molecule has 0 fully saturated rings. The molecule has 0 bridgehead atoms. The molecule has 0 aromatic carbocycles. The van der Waals surface area contributed by atoms with Crippen LogP contribution in [0.1, 0.15) is 62.3 Å². The Kier molecular flexibility index (Phi) is 4.28. The molecule has 1 aliphatic carbocycles. The summed E-state index contributed by atoms with van der Waals surface area (Å²) in [5.41, 5.74) is 0.810. The minimum Gasteiger partial charge on any atom is -0.302 e. The number of carbonyl (C=O) groups is 2. The molecule has 0 unspecified atom stereocenters. The number of fused-ring (bicyclic) bond motifs is 1. The summed E-state index contributed by atoms with van der Waals surface area (Å²) in [6.07, 6.45) is 3.20. The molecule has 20 heavy (non-hydrogen) atoms. The third-order valence-corrected chi connectivity index (χ3v) is 4.69. The lowest BCUT2D eigenvalue weighted by Crippen LogP contribution is -2.26. The summed E-state index contributed by atoms with van der Waals surface area (Å²) >= 11 is 1.32. The largest absolute Gasteiger partial charge is 0.302 e. The Bertz CT molecular complexity index is 534. The maximum atomic E-state index is 12.1. The highest BCUT2D eigenvalue weighted by atomic mass is 32.1. The quantitative estimate of drug-likeness (QED) is 0.921. The van der Waals surface area contributed by atoms with Crippen molar-refractivity contribution >= 4 is 28.2 Å². The van der Waals surface area contributed by atoms with Crippen LogP contribution in [-0.4, -0.2) is 16.7 Å². The molecule has 4 nitrogen and oxygen atoms in total. The Morgan fingerprint density at radius 2 is 2.15 bits per heavy atom. The number of anilines is 1. The molecule has 5 heteroatoms. The molecule has 1 N–H and O–H groups in total. The van der Waals surface area contributed by atoms with E-state index in [9.17, 15) is 9.59 Å². The van der Waals surface area contributed by atoms with Crippen molar-refractivity contribution in [1.82, 2.24) is 4.98 Å². The van der Waals surface area contributed by atoms with Crippen molar-refractivity contribution in [2.75, 3.05) is 5.32 Å². The van der Waals surface area contributed by atoms with E-state index in [1.807, 2.05) is 6.92 Å². The smallest absolute Gasteiger partial charge is 0.228 e. The summed E-state index contributed by atoms with van der Waals surface area (Å²) < 4.78 is 0. The van der Waals surface area contributed by atoms with Crippen molar-refractivity contribution in [1.29, 1.82) is 0 Å². The molecule has 1 amide bonds. The van der Waals surface area contributed by atoms with E-state index in [1.54, 1.807) is 0 Å². The molecule has 0 saturated carbocycles. The second-order valence-electron chi connectivity index (χ2n) is 6.41. The van der Waals surface area contributed by atoms with E-state index in [1.165, 1.54) is 11.3 Å². The predicted octanol–water partition coefficient (Wildman–Crippen LogP) is 3.67. The van der Waals surface area contributed by atoms with Gasteiger partial charge in [0.25, 0.3) is 0 Å². The summed E-state index contributed by atoms with van der Waals surface area (Å²) in [5, 5.41) is 3.41. The topological polar surface area (TPSA) is 59.1 Å². The Balaban J connectivity index is 2.13. The lowest BCUT2D eigenvalue weighted by molar-refractivity contribution is -0.119. The van der Waals surface area contributed by atoms with E-state index in [-0.39, 0.29) is 23.0 Å². The van der Waals surface area contributed by atoms with Crippen molar-refractivity contribution < 1.29 is 9.59 Å². The predicted molar refractivity (Wildman–Crippen MR) is 81.2 cm³/mol. The van der Waals surface area contributed by atoms with Gasteiger partial charge in [0.05, 0.1) is 10.6 Å². The second kappa shape index (κ2) is 5.64. The SMILES string of the molecule is CCC[C@H](C)C(=O)Nc1nc2c(s1)C(=O)CC(C)(C)C2. The number of rotatable bonds is 4. The molecule has 0 aliphatic heterocycles. The molecule has 110 valence electrons. The first-order chi connectivity index (χ1) is 9.32. The van der Waals surface area contributed by atoms with Crippen LogP contribution >= 0.6 is 11.3 Å². The van der Waals surface area contributed by atoms with Gasteiger partial charge in [-0.3, -0.25) is 9.59 Å². The number of thiazole rings is 1.